The molecule has 0 bridgehead atoms. The van der Waals surface area contributed by atoms with Crippen molar-refractivity contribution in [2.24, 2.45) is 0 Å². The van der Waals surface area contributed by atoms with E-state index in [9.17, 15) is 13.4 Å². The van der Waals surface area contributed by atoms with Gasteiger partial charge in [0.05, 0.1) is 11.4 Å². The number of aromatic nitrogens is 2. The summed E-state index contributed by atoms with van der Waals surface area (Å²) in [5.74, 6) is -0.120. The molecule has 1 aromatic heterocycles. The molecule has 0 saturated carbocycles. The lowest BCUT2D eigenvalue weighted by molar-refractivity contribution is 0.570. The van der Waals surface area contributed by atoms with Crippen LogP contribution in [0.5, 0.6) is 0 Å². The van der Waals surface area contributed by atoms with E-state index in [-0.39, 0.29) is 17.7 Å². The maximum Gasteiger partial charge on any atom is 0.238 e. The van der Waals surface area contributed by atoms with Gasteiger partial charge in [0.1, 0.15) is 15.5 Å². The Kier molecular flexibility index (Phi) is 5.95. The molecule has 0 aliphatic carbocycles. The monoisotopic (exact) mass is 375 g/mol. The molecule has 1 aromatic carbocycles. The summed E-state index contributed by atoms with van der Waals surface area (Å²) in [6.45, 7) is 7.77. The van der Waals surface area contributed by atoms with E-state index >= 15 is 0 Å². The van der Waals surface area contributed by atoms with Gasteiger partial charge in [-0.2, -0.15) is 0 Å². The highest BCUT2D eigenvalue weighted by Crippen LogP contribution is 2.31. The zero-order valence-electron chi connectivity index (χ0n) is 15.3. The van der Waals surface area contributed by atoms with Crippen LogP contribution in [-0.2, 0) is 20.9 Å². The van der Waals surface area contributed by atoms with Crippen molar-refractivity contribution in [3.63, 3.8) is 0 Å². The maximum atomic E-state index is 13.3. The maximum absolute atomic E-state index is 13.3. The van der Waals surface area contributed by atoms with Crippen molar-refractivity contribution >= 4 is 20.9 Å². The van der Waals surface area contributed by atoms with Gasteiger partial charge in [0.2, 0.25) is 11.2 Å². The van der Waals surface area contributed by atoms with E-state index < -0.39 is 9.71 Å². The standard InChI is InChI=1S/C19H22FN3O2S/c1-6-7-16-17(13(2)3)21-19(23(4)26(5,25)12-24)22-18(16)14-8-10-15(20)11-9-14/h6,8-11,13H,1,7H2,2-5H3. The van der Waals surface area contributed by atoms with E-state index in [1.165, 1.54) is 29.7 Å². The number of rotatable bonds is 6. The van der Waals surface area contributed by atoms with Crippen LogP contribution < -0.4 is 4.31 Å². The summed E-state index contributed by atoms with van der Waals surface area (Å²) in [6.07, 6.45) is 3.57. The Hall–Kier alpha value is -2.50. The molecule has 0 fully saturated rings. The molecule has 0 saturated heterocycles. The van der Waals surface area contributed by atoms with Gasteiger partial charge in [-0.1, -0.05) is 19.9 Å². The van der Waals surface area contributed by atoms with Crippen LogP contribution in [-0.4, -0.2) is 32.7 Å². The van der Waals surface area contributed by atoms with Crippen LogP contribution >= 0.6 is 0 Å². The highest BCUT2D eigenvalue weighted by molar-refractivity contribution is 8.01. The summed E-state index contributed by atoms with van der Waals surface area (Å²) in [7, 11) is -1.56. The Balaban J connectivity index is 2.82. The second-order valence-corrected chi connectivity index (χ2v) is 8.59. The summed E-state index contributed by atoms with van der Waals surface area (Å²) in [4.78, 5) is 20.1. The second kappa shape index (κ2) is 7.81. The molecule has 26 heavy (non-hydrogen) atoms. The predicted molar refractivity (Wildman–Crippen MR) is 104 cm³/mol. The van der Waals surface area contributed by atoms with Crippen LogP contribution in [0.1, 0.15) is 31.0 Å². The van der Waals surface area contributed by atoms with Crippen LogP contribution in [0.15, 0.2) is 36.9 Å². The van der Waals surface area contributed by atoms with Crippen molar-refractivity contribution in [2.75, 3.05) is 17.6 Å². The predicted octanol–water partition coefficient (Wildman–Crippen LogP) is 3.47. The van der Waals surface area contributed by atoms with Crippen LogP contribution in [0.2, 0.25) is 0 Å². The SMILES string of the molecule is C=CCc1c(-c2ccc(F)cc2)nc(N(C)S(C)(=O)=C=O)nc1C(C)C. The van der Waals surface area contributed by atoms with Crippen LogP contribution in [0.25, 0.3) is 11.3 Å². The first-order valence-corrected chi connectivity index (χ1v) is 10.0. The smallest absolute Gasteiger partial charge is 0.238 e. The second-order valence-electron chi connectivity index (χ2n) is 6.27. The lowest BCUT2D eigenvalue weighted by Crippen LogP contribution is -2.28. The first kappa shape index (κ1) is 19.8. The molecule has 0 N–H and O–H groups in total. The van der Waals surface area contributed by atoms with Gasteiger partial charge in [0.15, 0.2) is 0 Å². The van der Waals surface area contributed by atoms with Gasteiger partial charge in [-0.3, -0.25) is 4.31 Å². The molecular formula is C19H22FN3O2S. The average Bonchev–Trinajstić information content (AvgIpc) is 2.62. The summed E-state index contributed by atoms with van der Waals surface area (Å²) < 4.78 is 27.0. The minimum atomic E-state index is -3.05. The molecule has 1 heterocycles. The van der Waals surface area contributed by atoms with Crippen LogP contribution in [0.3, 0.4) is 0 Å². The summed E-state index contributed by atoms with van der Waals surface area (Å²) >= 11 is 0. The topological polar surface area (TPSA) is 63.2 Å². The molecule has 0 radical (unpaired) electrons. The third kappa shape index (κ3) is 4.00. The molecule has 7 heteroatoms. The Labute approximate surface area is 153 Å². The molecule has 0 spiro atoms. The number of nitrogens with zero attached hydrogens (tertiary/aromatic N) is 3. The van der Waals surface area contributed by atoms with Crippen molar-refractivity contribution in [3.8, 4) is 11.3 Å². The van der Waals surface area contributed by atoms with E-state index in [0.29, 0.717) is 17.7 Å². The highest BCUT2D eigenvalue weighted by Gasteiger charge is 2.21. The Morgan fingerprint density at radius 3 is 2.42 bits per heavy atom. The van der Waals surface area contributed by atoms with Gasteiger partial charge in [-0.15, -0.1) is 6.58 Å². The average molecular weight is 375 g/mol. The lowest BCUT2D eigenvalue weighted by Gasteiger charge is -2.22. The first-order chi connectivity index (χ1) is 12.2. The molecule has 5 nitrogen and oxygen atoms in total. The van der Waals surface area contributed by atoms with Crippen LogP contribution in [0.4, 0.5) is 10.3 Å². The van der Waals surface area contributed by atoms with Gasteiger partial charge in [0.25, 0.3) is 0 Å². The van der Waals surface area contributed by atoms with E-state index in [1.807, 2.05) is 13.8 Å². The van der Waals surface area contributed by atoms with Crippen molar-refractivity contribution in [3.05, 3.63) is 54.0 Å². The molecular weight excluding hydrogens is 353 g/mol. The molecule has 2 rings (SSSR count). The van der Waals surface area contributed by atoms with Gasteiger partial charge in [0, 0.05) is 24.4 Å². The molecule has 0 aliphatic heterocycles. The minimum absolute atomic E-state index is 0.0624. The van der Waals surface area contributed by atoms with Crippen molar-refractivity contribution in [2.45, 2.75) is 26.2 Å². The Bertz CT molecular complexity index is 957. The number of anilines is 1. The molecule has 0 amide bonds. The number of halogens is 1. The van der Waals surface area contributed by atoms with Gasteiger partial charge in [-0.25, -0.2) is 23.4 Å². The zero-order valence-corrected chi connectivity index (χ0v) is 16.1. The lowest BCUT2D eigenvalue weighted by atomic mass is 9.96. The normalized spacial score (nSPS) is 13.2. The molecule has 1 unspecified atom stereocenters. The van der Waals surface area contributed by atoms with Gasteiger partial charge in [-0.05, 0) is 36.6 Å². The van der Waals surface area contributed by atoms with E-state index in [4.69, 9.17) is 0 Å². The van der Waals surface area contributed by atoms with Crippen molar-refractivity contribution in [1.29, 1.82) is 0 Å². The third-order valence-corrected chi connectivity index (χ3v) is 5.52. The van der Waals surface area contributed by atoms with Gasteiger partial charge >= 0.3 is 0 Å². The van der Waals surface area contributed by atoms with E-state index in [1.54, 1.807) is 23.4 Å². The summed E-state index contributed by atoms with van der Waals surface area (Å²) in [5.41, 5.74) is 2.95. The number of hydrogen-bond donors (Lipinski definition) is 0. The Morgan fingerprint density at radius 1 is 1.31 bits per heavy atom. The van der Waals surface area contributed by atoms with Crippen molar-refractivity contribution < 1.29 is 13.4 Å². The van der Waals surface area contributed by atoms with E-state index in [0.717, 1.165) is 11.3 Å². The quantitative estimate of drug-likeness (QED) is 0.573. The first-order valence-electron chi connectivity index (χ1n) is 8.10. The third-order valence-electron chi connectivity index (χ3n) is 4.00. The van der Waals surface area contributed by atoms with Crippen molar-refractivity contribution in [1.82, 2.24) is 9.97 Å². The number of carbonyl (C=O) groups excluding carboxylic acids is 1. The minimum Gasteiger partial charge on any atom is -0.262 e. The largest absolute Gasteiger partial charge is 0.262 e. The number of hydrogen-bond acceptors (Lipinski definition) is 4. The zero-order chi connectivity index (χ0) is 19.5. The van der Waals surface area contributed by atoms with Gasteiger partial charge < -0.3 is 0 Å². The molecule has 138 valence electrons. The van der Waals surface area contributed by atoms with E-state index in [2.05, 4.69) is 16.5 Å². The summed E-state index contributed by atoms with van der Waals surface area (Å²) in [5, 5.41) is 1.55. The fraction of sp³-hybridized carbons (Fsp3) is 0.316. The molecule has 2 aromatic rings. The molecule has 0 aliphatic rings. The fourth-order valence-electron chi connectivity index (χ4n) is 2.51. The highest BCUT2D eigenvalue weighted by atomic mass is 32.2. The Morgan fingerprint density at radius 2 is 1.92 bits per heavy atom. The fourth-order valence-corrected chi connectivity index (χ4v) is 3.02. The molecule has 1 atom stereocenters. The number of benzene rings is 1. The number of allylic oxidation sites excluding steroid dienone is 1. The summed E-state index contributed by atoms with van der Waals surface area (Å²) in [6, 6.07) is 5.98. The van der Waals surface area contributed by atoms with Crippen LogP contribution in [0, 0.1) is 5.82 Å².